The van der Waals surface area contributed by atoms with Crippen molar-refractivity contribution in [2.24, 2.45) is 0 Å². The third-order valence-corrected chi connectivity index (χ3v) is 4.75. The van der Waals surface area contributed by atoms with Crippen molar-refractivity contribution < 1.29 is 13.7 Å². The Kier molecular flexibility index (Phi) is 4.55. The molecule has 0 N–H and O–H groups in total. The Hall–Kier alpha value is -1.83. The van der Waals surface area contributed by atoms with E-state index in [2.05, 4.69) is 19.9 Å². The third-order valence-electron chi connectivity index (χ3n) is 4.75. The van der Waals surface area contributed by atoms with Gasteiger partial charge in [-0.3, -0.25) is 9.80 Å². The minimum Gasteiger partial charge on any atom is -0.379 e. The predicted molar refractivity (Wildman–Crippen MR) is 85.8 cm³/mol. The zero-order chi connectivity index (χ0) is 16.4. The normalized spacial score (nSPS) is 23.0. The zero-order valence-corrected chi connectivity index (χ0v) is 13.5. The summed E-state index contributed by atoms with van der Waals surface area (Å²) in [4.78, 5) is 9.17. The molecular weight excluding hydrogens is 311 g/mol. The Morgan fingerprint density at radius 1 is 1.17 bits per heavy atom. The van der Waals surface area contributed by atoms with Crippen LogP contribution in [0.15, 0.2) is 28.8 Å². The van der Waals surface area contributed by atoms with Gasteiger partial charge < -0.3 is 9.26 Å². The Morgan fingerprint density at radius 3 is 2.83 bits per heavy atom. The quantitative estimate of drug-likeness (QED) is 0.851. The highest BCUT2D eigenvalue weighted by Crippen LogP contribution is 2.22. The van der Waals surface area contributed by atoms with Gasteiger partial charge in [-0.05, 0) is 18.6 Å². The van der Waals surface area contributed by atoms with Crippen LogP contribution >= 0.6 is 0 Å². The van der Waals surface area contributed by atoms with Gasteiger partial charge in [-0.15, -0.1) is 0 Å². The molecule has 0 bridgehead atoms. The molecule has 1 aromatic heterocycles. The van der Waals surface area contributed by atoms with Crippen molar-refractivity contribution in [3.8, 4) is 11.4 Å². The van der Waals surface area contributed by atoms with Crippen LogP contribution in [-0.4, -0.2) is 65.4 Å². The first-order valence-corrected chi connectivity index (χ1v) is 8.41. The summed E-state index contributed by atoms with van der Waals surface area (Å²) in [5, 5.41) is 3.92. The minimum absolute atomic E-state index is 0.312. The number of benzene rings is 1. The van der Waals surface area contributed by atoms with Crippen molar-refractivity contribution in [1.82, 2.24) is 19.9 Å². The maximum atomic E-state index is 13.8. The van der Waals surface area contributed by atoms with E-state index in [4.69, 9.17) is 9.26 Å². The summed E-state index contributed by atoms with van der Waals surface area (Å²) in [7, 11) is 0. The number of aromatic nitrogens is 2. The lowest BCUT2D eigenvalue weighted by molar-refractivity contribution is 0.0182. The number of nitrogens with zero attached hydrogens (tertiary/aromatic N) is 4. The van der Waals surface area contributed by atoms with Crippen molar-refractivity contribution in [2.45, 2.75) is 19.0 Å². The van der Waals surface area contributed by atoms with E-state index in [0.717, 1.165) is 45.8 Å². The van der Waals surface area contributed by atoms with E-state index in [9.17, 15) is 4.39 Å². The van der Waals surface area contributed by atoms with Crippen LogP contribution in [0.1, 0.15) is 12.3 Å². The van der Waals surface area contributed by atoms with E-state index in [-0.39, 0.29) is 5.82 Å². The van der Waals surface area contributed by atoms with Gasteiger partial charge in [0.1, 0.15) is 5.82 Å². The molecule has 0 amide bonds. The number of ether oxygens (including phenoxy) is 1. The van der Waals surface area contributed by atoms with Gasteiger partial charge in [0.15, 0.2) is 0 Å². The SMILES string of the molecule is Fc1ccccc1-c1noc(CN2CCC(N3CCOCC3)C2)n1. The van der Waals surface area contributed by atoms with Crippen molar-refractivity contribution in [2.75, 3.05) is 39.4 Å². The van der Waals surface area contributed by atoms with E-state index < -0.39 is 0 Å². The first kappa shape index (κ1) is 15.7. The van der Waals surface area contributed by atoms with Crippen molar-refractivity contribution in [1.29, 1.82) is 0 Å². The zero-order valence-electron chi connectivity index (χ0n) is 13.5. The molecule has 2 fully saturated rings. The highest BCUT2D eigenvalue weighted by molar-refractivity contribution is 5.54. The first-order valence-electron chi connectivity index (χ1n) is 8.41. The van der Waals surface area contributed by atoms with Gasteiger partial charge in [0.05, 0.1) is 25.3 Å². The standard InChI is InChI=1S/C17H21FN4O2/c18-15-4-2-1-3-14(15)17-19-16(24-20-17)12-21-6-5-13(11-21)22-7-9-23-10-8-22/h1-4,13H,5-12H2. The van der Waals surface area contributed by atoms with Crippen molar-refractivity contribution in [3.63, 3.8) is 0 Å². The lowest BCUT2D eigenvalue weighted by Gasteiger charge is -2.32. The average molecular weight is 332 g/mol. The second-order valence-corrected chi connectivity index (χ2v) is 6.32. The molecule has 24 heavy (non-hydrogen) atoms. The number of rotatable bonds is 4. The second kappa shape index (κ2) is 6.96. The lowest BCUT2D eigenvalue weighted by Crippen LogP contribution is -2.44. The molecular formula is C17H21FN4O2. The molecule has 2 aliphatic rings. The summed E-state index contributed by atoms with van der Waals surface area (Å²) in [5.74, 6) is 0.515. The van der Waals surface area contributed by atoms with Gasteiger partial charge in [0.2, 0.25) is 11.7 Å². The Bertz CT molecular complexity index is 687. The van der Waals surface area contributed by atoms with Gasteiger partial charge in [-0.1, -0.05) is 17.3 Å². The topological polar surface area (TPSA) is 54.6 Å². The molecule has 4 rings (SSSR count). The van der Waals surface area contributed by atoms with E-state index >= 15 is 0 Å². The number of hydrogen-bond donors (Lipinski definition) is 0. The van der Waals surface area contributed by atoms with Crippen LogP contribution in [0.4, 0.5) is 4.39 Å². The van der Waals surface area contributed by atoms with E-state index in [1.54, 1.807) is 18.2 Å². The molecule has 2 aromatic rings. The predicted octanol–water partition coefficient (Wildman–Crippen LogP) is 1.78. The van der Waals surface area contributed by atoms with Gasteiger partial charge in [0, 0.05) is 32.2 Å². The number of morpholine rings is 1. The van der Waals surface area contributed by atoms with Gasteiger partial charge in [0.25, 0.3) is 0 Å². The molecule has 6 nitrogen and oxygen atoms in total. The molecule has 1 atom stereocenters. The Morgan fingerprint density at radius 2 is 2.00 bits per heavy atom. The third kappa shape index (κ3) is 3.33. The van der Waals surface area contributed by atoms with Crippen LogP contribution < -0.4 is 0 Å². The fraction of sp³-hybridized carbons (Fsp3) is 0.529. The molecule has 128 valence electrons. The monoisotopic (exact) mass is 332 g/mol. The number of likely N-dealkylation sites (tertiary alicyclic amines) is 1. The molecule has 0 aliphatic carbocycles. The van der Waals surface area contributed by atoms with Crippen LogP contribution in [0, 0.1) is 5.82 Å². The Balaban J connectivity index is 1.37. The van der Waals surface area contributed by atoms with Crippen LogP contribution in [0.2, 0.25) is 0 Å². The average Bonchev–Trinajstić information content (AvgIpc) is 3.26. The first-order chi connectivity index (χ1) is 11.8. The van der Waals surface area contributed by atoms with Crippen molar-refractivity contribution in [3.05, 3.63) is 36.0 Å². The number of hydrogen-bond acceptors (Lipinski definition) is 6. The molecule has 3 heterocycles. The lowest BCUT2D eigenvalue weighted by atomic mass is 10.2. The molecule has 1 unspecified atom stereocenters. The molecule has 0 spiro atoms. The molecule has 1 aromatic carbocycles. The van der Waals surface area contributed by atoms with Crippen LogP contribution in [0.3, 0.4) is 0 Å². The van der Waals surface area contributed by atoms with Crippen LogP contribution in [-0.2, 0) is 11.3 Å². The molecule has 0 saturated carbocycles. The van der Waals surface area contributed by atoms with Gasteiger partial charge in [-0.25, -0.2) is 4.39 Å². The fourth-order valence-electron chi connectivity index (χ4n) is 3.46. The molecule has 2 saturated heterocycles. The fourth-order valence-corrected chi connectivity index (χ4v) is 3.46. The maximum absolute atomic E-state index is 13.8. The highest BCUT2D eigenvalue weighted by atomic mass is 19.1. The van der Waals surface area contributed by atoms with E-state index in [1.807, 2.05) is 0 Å². The molecule has 2 aliphatic heterocycles. The summed E-state index contributed by atoms with van der Waals surface area (Å²) < 4.78 is 24.5. The van der Waals surface area contributed by atoms with Crippen molar-refractivity contribution >= 4 is 0 Å². The number of halogens is 1. The van der Waals surface area contributed by atoms with E-state index in [1.165, 1.54) is 6.07 Å². The second-order valence-electron chi connectivity index (χ2n) is 6.32. The Labute approximate surface area is 140 Å². The minimum atomic E-state index is -0.335. The smallest absolute Gasteiger partial charge is 0.241 e. The summed E-state index contributed by atoms with van der Waals surface area (Å²) in [6.07, 6.45) is 1.15. The summed E-state index contributed by atoms with van der Waals surface area (Å²) >= 11 is 0. The molecule has 0 radical (unpaired) electrons. The van der Waals surface area contributed by atoms with Gasteiger partial charge >= 0.3 is 0 Å². The van der Waals surface area contributed by atoms with E-state index in [0.29, 0.717) is 29.9 Å². The summed E-state index contributed by atoms with van der Waals surface area (Å²) in [5.41, 5.74) is 0.375. The van der Waals surface area contributed by atoms with Gasteiger partial charge in [-0.2, -0.15) is 4.98 Å². The summed E-state index contributed by atoms with van der Waals surface area (Å²) in [6, 6.07) is 7.05. The molecule has 7 heteroatoms. The maximum Gasteiger partial charge on any atom is 0.241 e. The summed E-state index contributed by atoms with van der Waals surface area (Å²) in [6.45, 7) is 6.30. The highest BCUT2D eigenvalue weighted by Gasteiger charge is 2.29. The van der Waals surface area contributed by atoms with Crippen LogP contribution in [0.25, 0.3) is 11.4 Å². The van der Waals surface area contributed by atoms with Crippen LogP contribution in [0.5, 0.6) is 0 Å². The largest absolute Gasteiger partial charge is 0.379 e.